The van der Waals surface area contributed by atoms with Crippen molar-refractivity contribution in [1.29, 1.82) is 0 Å². The van der Waals surface area contributed by atoms with Crippen LogP contribution >= 0.6 is 0 Å². The van der Waals surface area contributed by atoms with Gasteiger partial charge in [0.1, 0.15) is 30.0 Å². The number of aromatic amines is 2. The third-order valence-electron chi connectivity index (χ3n) is 7.27. The summed E-state index contributed by atoms with van der Waals surface area (Å²) in [5, 5.41) is 17.4. The van der Waals surface area contributed by atoms with Crippen LogP contribution in [0.15, 0.2) is 72.9 Å². The molecule has 6 rings (SSSR count). The molecular formula is C31H29N7O4. The Kier molecular flexibility index (Phi) is 7.46. The number of fused-ring (bicyclic) bond motifs is 2. The lowest BCUT2D eigenvalue weighted by Crippen LogP contribution is -2.49. The van der Waals surface area contributed by atoms with Gasteiger partial charge in [-0.1, -0.05) is 42.5 Å². The van der Waals surface area contributed by atoms with Gasteiger partial charge in [-0.3, -0.25) is 24.6 Å². The van der Waals surface area contributed by atoms with Crippen LogP contribution in [-0.4, -0.2) is 62.7 Å². The van der Waals surface area contributed by atoms with Gasteiger partial charge in [0.2, 0.25) is 5.82 Å². The zero-order chi connectivity index (χ0) is 29.1. The van der Waals surface area contributed by atoms with Crippen molar-refractivity contribution in [3.8, 4) is 5.75 Å². The van der Waals surface area contributed by atoms with Crippen LogP contribution < -0.4 is 15.0 Å². The Morgan fingerprint density at radius 1 is 1.02 bits per heavy atom. The molecule has 42 heavy (non-hydrogen) atoms. The number of ether oxygens (including phenoxy) is 1. The molecule has 5 aromatic rings. The molecular weight excluding hydrogens is 534 g/mol. The second-order valence-corrected chi connectivity index (χ2v) is 10.3. The van der Waals surface area contributed by atoms with Gasteiger partial charge in [0, 0.05) is 31.7 Å². The predicted molar refractivity (Wildman–Crippen MR) is 155 cm³/mol. The maximum absolute atomic E-state index is 13.3. The molecule has 0 bridgehead atoms. The molecule has 0 fully saturated rings. The van der Waals surface area contributed by atoms with Crippen molar-refractivity contribution in [1.82, 2.24) is 30.7 Å². The van der Waals surface area contributed by atoms with Crippen LogP contribution in [0.3, 0.4) is 0 Å². The lowest BCUT2D eigenvalue weighted by molar-refractivity contribution is -0.120. The maximum atomic E-state index is 13.3. The quantitative estimate of drug-likeness (QED) is 0.250. The maximum Gasteiger partial charge on any atom is 0.291 e. The molecule has 0 aliphatic carbocycles. The van der Waals surface area contributed by atoms with Gasteiger partial charge in [-0.2, -0.15) is 5.10 Å². The van der Waals surface area contributed by atoms with Gasteiger partial charge in [-0.25, -0.2) is 4.98 Å². The highest BCUT2D eigenvalue weighted by molar-refractivity contribution is 6.02. The van der Waals surface area contributed by atoms with Crippen molar-refractivity contribution in [3.05, 3.63) is 101 Å². The fourth-order valence-electron chi connectivity index (χ4n) is 4.99. The molecule has 3 heterocycles. The number of hydrogen-bond acceptors (Lipinski definition) is 7. The lowest BCUT2D eigenvalue weighted by atomic mass is 10.0. The van der Waals surface area contributed by atoms with Crippen LogP contribution in [0.2, 0.25) is 0 Å². The number of H-pyrrole nitrogens is 2. The number of ketones is 1. The van der Waals surface area contributed by atoms with Gasteiger partial charge < -0.3 is 15.0 Å². The van der Waals surface area contributed by atoms with E-state index in [-0.39, 0.29) is 24.1 Å². The summed E-state index contributed by atoms with van der Waals surface area (Å²) in [7, 11) is 1.64. The summed E-state index contributed by atoms with van der Waals surface area (Å²) in [6, 6.07) is 20.1. The predicted octanol–water partition coefficient (Wildman–Crippen LogP) is 3.17. The second kappa shape index (κ2) is 11.7. The first kappa shape index (κ1) is 26.9. The molecule has 2 aromatic heterocycles. The summed E-state index contributed by atoms with van der Waals surface area (Å²) in [5.41, 5.74) is 4.40. The number of aryl methyl sites for hydroxylation is 1. The molecule has 0 saturated carbocycles. The minimum absolute atomic E-state index is 0.0396. The number of benzene rings is 3. The van der Waals surface area contributed by atoms with E-state index >= 15 is 0 Å². The minimum atomic E-state index is -0.927. The van der Waals surface area contributed by atoms with E-state index in [1.807, 2.05) is 60.7 Å². The van der Waals surface area contributed by atoms with Gasteiger partial charge in [-0.15, -0.1) is 5.10 Å². The Balaban J connectivity index is 1.06. The lowest BCUT2D eigenvalue weighted by Gasteiger charge is -2.20. The monoisotopic (exact) mass is 563 g/mol. The van der Waals surface area contributed by atoms with Gasteiger partial charge in [0.15, 0.2) is 0 Å². The summed E-state index contributed by atoms with van der Waals surface area (Å²) in [6.45, 7) is -0.0396. The Bertz CT molecular complexity index is 1760. The normalized spacial score (nSPS) is 14.7. The average molecular weight is 564 g/mol. The number of rotatable bonds is 9. The standard InChI is InChI=1S/C31H29N7O4/c1-38-26-15-20(7-10-23(39)14-21-8-11-24-22(13-21)17-32-35-24)9-12-27(26)42-18-25(31(38)41)33-30(40)29-34-28(36-37-29)16-19-5-3-2-4-6-19/h2-6,8-9,11-13,15,17,25H,7,10,14,16,18H2,1H3,(H,32,35)(H,33,40)(H,34,36,37)/t25-/m1/s1. The molecule has 0 saturated heterocycles. The minimum Gasteiger partial charge on any atom is -0.489 e. The smallest absolute Gasteiger partial charge is 0.291 e. The van der Waals surface area contributed by atoms with Crippen LogP contribution in [0.25, 0.3) is 10.9 Å². The first-order valence-electron chi connectivity index (χ1n) is 13.7. The molecule has 1 aliphatic rings. The Morgan fingerprint density at radius 3 is 2.71 bits per heavy atom. The number of hydrogen-bond donors (Lipinski definition) is 3. The van der Waals surface area contributed by atoms with E-state index in [1.54, 1.807) is 19.3 Å². The number of carbonyl (C=O) groups excluding carboxylic acids is 3. The zero-order valence-corrected chi connectivity index (χ0v) is 23.0. The summed E-state index contributed by atoms with van der Waals surface area (Å²) in [5.74, 6) is 0.242. The number of nitrogens with zero attached hydrogens (tertiary/aromatic N) is 4. The van der Waals surface area contributed by atoms with E-state index in [9.17, 15) is 14.4 Å². The van der Waals surface area contributed by atoms with Gasteiger partial charge in [0.25, 0.3) is 11.8 Å². The van der Waals surface area contributed by atoms with Crippen LogP contribution in [0.5, 0.6) is 5.75 Å². The summed E-state index contributed by atoms with van der Waals surface area (Å²) in [4.78, 5) is 44.6. The summed E-state index contributed by atoms with van der Waals surface area (Å²) in [6.07, 6.45) is 3.47. The molecule has 1 atom stereocenters. The number of anilines is 1. The molecule has 0 radical (unpaired) electrons. The van der Waals surface area contributed by atoms with E-state index in [2.05, 4.69) is 30.7 Å². The van der Waals surface area contributed by atoms with Gasteiger partial charge in [-0.05, 0) is 47.4 Å². The average Bonchev–Trinajstić information content (AvgIpc) is 3.65. The van der Waals surface area contributed by atoms with Crippen LogP contribution in [0.1, 0.15) is 39.6 Å². The topological polar surface area (TPSA) is 146 Å². The second-order valence-electron chi connectivity index (χ2n) is 10.3. The molecule has 0 spiro atoms. The van der Waals surface area contributed by atoms with E-state index < -0.39 is 11.9 Å². The molecule has 212 valence electrons. The Hall–Kier alpha value is -5.32. The van der Waals surface area contributed by atoms with E-state index in [4.69, 9.17) is 4.74 Å². The number of amides is 2. The Labute approximate surface area is 241 Å². The van der Waals surface area contributed by atoms with Crippen molar-refractivity contribution in [3.63, 3.8) is 0 Å². The molecule has 2 amide bonds. The summed E-state index contributed by atoms with van der Waals surface area (Å²) < 4.78 is 5.91. The fourth-order valence-corrected chi connectivity index (χ4v) is 4.99. The van der Waals surface area contributed by atoms with Crippen molar-refractivity contribution < 1.29 is 19.1 Å². The van der Waals surface area contributed by atoms with Crippen molar-refractivity contribution in [2.24, 2.45) is 0 Å². The van der Waals surface area contributed by atoms with Crippen molar-refractivity contribution in [2.45, 2.75) is 31.7 Å². The first-order valence-corrected chi connectivity index (χ1v) is 13.7. The molecule has 3 N–H and O–H groups in total. The number of Topliss-reactive ketones (excluding diaryl/α,β-unsaturated/α-hetero) is 1. The zero-order valence-electron chi connectivity index (χ0n) is 23.0. The van der Waals surface area contributed by atoms with Crippen LogP contribution in [0, 0.1) is 0 Å². The highest BCUT2D eigenvalue weighted by Gasteiger charge is 2.31. The number of aromatic nitrogens is 5. The van der Waals surface area contributed by atoms with Gasteiger partial charge >= 0.3 is 0 Å². The Morgan fingerprint density at radius 2 is 1.86 bits per heavy atom. The van der Waals surface area contributed by atoms with Crippen molar-refractivity contribution >= 4 is 34.2 Å². The van der Waals surface area contributed by atoms with Crippen molar-refractivity contribution in [2.75, 3.05) is 18.6 Å². The SMILES string of the molecule is CN1C(=O)[C@H](NC(=O)c2n[nH]c(Cc3ccccc3)n2)COc2ccc(CCC(=O)Cc3ccc4[nH]ncc4c3)cc21. The molecule has 1 aliphatic heterocycles. The molecule has 0 unspecified atom stereocenters. The van der Waals surface area contributed by atoms with Gasteiger partial charge in [0.05, 0.1) is 17.4 Å². The fraction of sp³-hybridized carbons (Fsp3) is 0.226. The molecule has 11 nitrogen and oxygen atoms in total. The number of carbonyl (C=O) groups is 3. The van der Waals surface area contributed by atoms with E-state index in [1.165, 1.54) is 4.90 Å². The highest BCUT2D eigenvalue weighted by Crippen LogP contribution is 2.32. The third-order valence-corrected chi connectivity index (χ3v) is 7.27. The van der Waals surface area contributed by atoms with E-state index in [0.29, 0.717) is 42.9 Å². The third kappa shape index (κ3) is 5.90. The number of likely N-dealkylation sites (N-methyl/N-ethyl adjacent to an activating group) is 1. The first-order chi connectivity index (χ1) is 20.4. The highest BCUT2D eigenvalue weighted by atomic mass is 16.5. The van der Waals surface area contributed by atoms with Crippen LogP contribution in [-0.2, 0) is 28.9 Å². The molecule has 3 aromatic carbocycles. The summed E-state index contributed by atoms with van der Waals surface area (Å²) >= 11 is 0. The van der Waals surface area contributed by atoms with Crippen LogP contribution in [0.4, 0.5) is 5.69 Å². The molecule has 11 heteroatoms. The number of nitrogens with one attached hydrogen (secondary N) is 3. The largest absolute Gasteiger partial charge is 0.489 e. The van der Waals surface area contributed by atoms with E-state index in [0.717, 1.165) is 27.6 Å².